The number of nitrogens with zero attached hydrogens (tertiary/aromatic N) is 1. The Balaban J connectivity index is 1.48. The molecule has 0 spiro atoms. The normalized spacial score (nSPS) is 19.2. The van der Waals surface area contributed by atoms with E-state index in [0.29, 0.717) is 25.6 Å². The third-order valence-electron chi connectivity index (χ3n) is 5.15. The summed E-state index contributed by atoms with van der Waals surface area (Å²) in [5.74, 6) is 0.279. The van der Waals surface area contributed by atoms with Crippen molar-refractivity contribution in [2.24, 2.45) is 11.7 Å². The van der Waals surface area contributed by atoms with Crippen molar-refractivity contribution in [3.05, 3.63) is 35.4 Å². The summed E-state index contributed by atoms with van der Waals surface area (Å²) in [6.45, 7) is 3.64. The fourth-order valence-electron chi connectivity index (χ4n) is 3.34. The molecule has 1 aliphatic heterocycles. The van der Waals surface area contributed by atoms with Gasteiger partial charge in [-0.2, -0.15) is 0 Å². The van der Waals surface area contributed by atoms with E-state index < -0.39 is 0 Å². The van der Waals surface area contributed by atoms with Crippen molar-refractivity contribution in [2.45, 2.75) is 38.3 Å². The maximum Gasteiger partial charge on any atom is 0.318 e. The average molecular weight is 330 g/mol. The number of hydrogen-bond donors (Lipinski definition) is 3. The van der Waals surface area contributed by atoms with Crippen LogP contribution in [0.25, 0.3) is 0 Å². The van der Waals surface area contributed by atoms with Crippen molar-refractivity contribution in [3.8, 4) is 0 Å². The summed E-state index contributed by atoms with van der Waals surface area (Å²) in [6, 6.07) is 7.96. The predicted octanol–water partition coefficient (Wildman–Crippen LogP) is 0.998. The van der Waals surface area contributed by atoms with Gasteiger partial charge in [-0.3, -0.25) is 4.79 Å². The van der Waals surface area contributed by atoms with Crippen LogP contribution in [-0.4, -0.2) is 42.0 Å². The Morgan fingerprint density at radius 2 is 2.00 bits per heavy atom. The van der Waals surface area contributed by atoms with E-state index in [4.69, 9.17) is 5.73 Å². The molecule has 130 valence electrons. The Morgan fingerprint density at radius 1 is 1.29 bits per heavy atom. The van der Waals surface area contributed by atoms with Crippen LogP contribution in [0.2, 0.25) is 0 Å². The van der Waals surface area contributed by atoms with Crippen molar-refractivity contribution in [1.29, 1.82) is 0 Å². The number of fused-ring (bicyclic) bond motifs is 1. The second kappa shape index (κ2) is 6.81. The Kier molecular flexibility index (Phi) is 4.76. The van der Waals surface area contributed by atoms with Crippen LogP contribution >= 0.6 is 0 Å². The minimum Gasteiger partial charge on any atom is -0.348 e. The highest BCUT2D eigenvalue weighted by molar-refractivity contribution is 5.84. The molecular weight excluding hydrogens is 304 g/mol. The van der Waals surface area contributed by atoms with Crippen molar-refractivity contribution < 1.29 is 9.59 Å². The molecule has 1 heterocycles. The maximum atomic E-state index is 12.3. The molecule has 1 atom stereocenters. The van der Waals surface area contributed by atoms with E-state index in [-0.39, 0.29) is 24.0 Å². The van der Waals surface area contributed by atoms with Gasteiger partial charge in [0.05, 0.1) is 12.1 Å². The van der Waals surface area contributed by atoms with E-state index >= 15 is 0 Å². The molecule has 0 aromatic heterocycles. The largest absolute Gasteiger partial charge is 0.348 e. The molecule has 1 saturated carbocycles. The first kappa shape index (κ1) is 16.8. The highest BCUT2D eigenvalue weighted by Gasteiger charge is 2.41. The van der Waals surface area contributed by atoms with Crippen molar-refractivity contribution >= 4 is 11.9 Å². The van der Waals surface area contributed by atoms with Crippen LogP contribution in [-0.2, 0) is 17.8 Å². The Labute approximate surface area is 142 Å². The third-order valence-corrected chi connectivity index (χ3v) is 5.15. The number of urea groups is 1. The number of hydrogen-bond acceptors (Lipinski definition) is 3. The summed E-state index contributed by atoms with van der Waals surface area (Å²) in [6.07, 6.45) is 3.06. The van der Waals surface area contributed by atoms with Crippen LogP contribution in [0.1, 0.15) is 30.9 Å². The van der Waals surface area contributed by atoms with Gasteiger partial charge in [0.15, 0.2) is 0 Å². The molecular formula is C18H26N4O2. The highest BCUT2D eigenvalue weighted by atomic mass is 16.2. The fourth-order valence-corrected chi connectivity index (χ4v) is 3.34. The van der Waals surface area contributed by atoms with Crippen molar-refractivity contribution in [2.75, 3.05) is 19.6 Å². The Hall–Kier alpha value is -2.08. The molecule has 6 nitrogen and oxygen atoms in total. The van der Waals surface area contributed by atoms with Crippen LogP contribution in [0, 0.1) is 5.92 Å². The zero-order chi connectivity index (χ0) is 17.2. The number of carbonyl (C=O) groups is 2. The minimum atomic E-state index is -0.355. The monoisotopic (exact) mass is 330 g/mol. The lowest BCUT2D eigenvalue weighted by atomic mass is 9.96. The van der Waals surface area contributed by atoms with E-state index in [1.807, 2.05) is 25.1 Å². The minimum absolute atomic E-state index is 0.0146. The van der Waals surface area contributed by atoms with Crippen LogP contribution in [0.15, 0.2) is 24.3 Å². The number of carbonyl (C=O) groups excluding carboxylic acids is 2. The first-order valence-corrected chi connectivity index (χ1v) is 8.62. The summed E-state index contributed by atoms with van der Waals surface area (Å²) in [5.41, 5.74) is 7.92. The van der Waals surface area contributed by atoms with Crippen molar-refractivity contribution in [1.82, 2.24) is 15.5 Å². The lowest BCUT2D eigenvalue weighted by Gasteiger charge is -2.31. The van der Waals surface area contributed by atoms with Crippen molar-refractivity contribution in [3.63, 3.8) is 0 Å². The second-order valence-corrected chi connectivity index (χ2v) is 7.04. The first-order valence-electron chi connectivity index (χ1n) is 8.62. The number of amides is 3. The molecule has 24 heavy (non-hydrogen) atoms. The van der Waals surface area contributed by atoms with Crippen LogP contribution in [0.5, 0.6) is 0 Å². The lowest BCUT2D eigenvalue weighted by molar-refractivity contribution is -0.122. The molecule has 3 amide bonds. The van der Waals surface area contributed by atoms with Gasteiger partial charge in [0, 0.05) is 19.6 Å². The number of rotatable bonds is 5. The molecule has 0 saturated heterocycles. The van der Waals surface area contributed by atoms with Gasteiger partial charge in [0.1, 0.15) is 0 Å². The molecule has 4 N–H and O–H groups in total. The molecule has 6 heteroatoms. The zero-order valence-electron chi connectivity index (χ0n) is 14.2. The molecule has 3 rings (SSSR count). The van der Waals surface area contributed by atoms with Gasteiger partial charge in [-0.25, -0.2) is 4.79 Å². The van der Waals surface area contributed by atoms with Gasteiger partial charge >= 0.3 is 6.03 Å². The smallest absolute Gasteiger partial charge is 0.318 e. The topological polar surface area (TPSA) is 87.5 Å². The predicted molar refractivity (Wildman–Crippen MR) is 92.3 cm³/mol. The van der Waals surface area contributed by atoms with Gasteiger partial charge in [-0.1, -0.05) is 24.3 Å². The Bertz CT molecular complexity index is 629. The van der Waals surface area contributed by atoms with E-state index in [0.717, 1.165) is 19.3 Å². The van der Waals surface area contributed by atoms with Gasteiger partial charge < -0.3 is 21.3 Å². The zero-order valence-corrected chi connectivity index (χ0v) is 14.2. The summed E-state index contributed by atoms with van der Waals surface area (Å²) in [5, 5.41) is 5.70. The highest BCUT2D eigenvalue weighted by Crippen LogP contribution is 2.38. The van der Waals surface area contributed by atoms with E-state index in [1.165, 1.54) is 11.1 Å². The van der Waals surface area contributed by atoms with E-state index in [1.54, 1.807) is 4.90 Å². The van der Waals surface area contributed by atoms with Crippen LogP contribution in [0.4, 0.5) is 4.79 Å². The number of benzene rings is 1. The third kappa shape index (κ3) is 3.70. The molecule has 1 aliphatic carbocycles. The summed E-state index contributed by atoms with van der Waals surface area (Å²) in [4.78, 5) is 26.2. The maximum absolute atomic E-state index is 12.3. The fraction of sp³-hybridized carbons (Fsp3) is 0.556. The van der Waals surface area contributed by atoms with E-state index in [9.17, 15) is 9.59 Å². The van der Waals surface area contributed by atoms with Gasteiger partial charge in [-0.05, 0) is 43.2 Å². The van der Waals surface area contributed by atoms with E-state index in [2.05, 4.69) is 16.7 Å². The SMILES string of the molecule is CC(CN)(NC(=O)CNC(=O)N1CCc2ccccc2C1)C1CC1. The summed E-state index contributed by atoms with van der Waals surface area (Å²) >= 11 is 0. The molecule has 1 fully saturated rings. The second-order valence-electron chi connectivity index (χ2n) is 7.04. The van der Waals surface area contributed by atoms with Crippen LogP contribution < -0.4 is 16.4 Å². The molecule has 1 aromatic carbocycles. The summed E-state index contributed by atoms with van der Waals surface area (Å²) in [7, 11) is 0. The van der Waals surface area contributed by atoms with Gasteiger partial charge in [0.25, 0.3) is 0 Å². The standard InChI is InChI=1S/C18H26N4O2/c1-18(12-19,15-6-7-15)21-16(23)10-20-17(24)22-9-8-13-4-2-3-5-14(13)11-22/h2-5,15H,6-12,19H2,1H3,(H,20,24)(H,21,23). The molecule has 2 aliphatic rings. The quantitative estimate of drug-likeness (QED) is 0.752. The molecule has 0 bridgehead atoms. The van der Waals surface area contributed by atoms with Gasteiger partial charge in [-0.15, -0.1) is 0 Å². The average Bonchev–Trinajstić information content (AvgIpc) is 3.44. The summed E-state index contributed by atoms with van der Waals surface area (Å²) < 4.78 is 0. The molecule has 1 aromatic rings. The Morgan fingerprint density at radius 3 is 2.67 bits per heavy atom. The number of nitrogens with two attached hydrogens (primary N) is 1. The number of nitrogens with one attached hydrogen (secondary N) is 2. The molecule has 1 unspecified atom stereocenters. The molecule has 0 radical (unpaired) electrons. The lowest BCUT2D eigenvalue weighted by Crippen LogP contribution is -2.56. The van der Waals surface area contributed by atoms with Crippen LogP contribution in [0.3, 0.4) is 0 Å². The van der Waals surface area contributed by atoms with Gasteiger partial charge in [0.2, 0.25) is 5.91 Å². The first-order chi connectivity index (χ1) is 11.5.